The normalized spacial score (nSPS) is 16.8. The third kappa shape index (κ3) is 5.62. The van der Waals surface area contributed by atoms with Gasteiger partial charge in [-0.15, -0.1) is 24.0 Å². The van der Waals surface area contributed by atoms with Gasteiger partial charge in [0.1, 0.15) is 0 Å². The summed E-state index contributed by atoms with van der Waals surface area (Å²) in [6, 6.07) is 11.5. The molecule has 1 aromatic carbocycles. The molecule has 32 heavy (non-hydrogen) atoms. The van der Waals surface area contributed by atoms with Gasteiger partial charge in [0.2, 0.25) is 5.91 Å². The number of nitrogens with one attached hydrogen (secondary N) is 1. The molecule has 9 heteroatoms. The Kier molecular flexibility index (Phi) is 8.54. The number of carbonyl (C=O) groups excluding carboxylic acids is 2. The number of hydrogen-bond acceptors (Lipinski definition) is 4. The molecule has 2 amide bonds. The standard InChI is InChI=1S/C23H29N5O3.HI/c1-2-24-23(27-14-12-26(13-15-27)22(30)20-5-4-16-31-20)25-17-18-7-9-19(10-8-18)28-11-3-6-21(28)29;/h4-5,7-10,16H,2-3,6,11-15,17H2,1H3,(H,24,25);1H. The fraction of sp³-hybridized carbons (Fsp3) is 0.435. The molecule has 2 fully saturated rings. The second-order valence-electron chi connectivity index (χ2n) is 7.74. The Bertz CT molecular complexity index is 922. The monoisotopic (exact) mass is 551 g/mol. The fourth-order valence-electron chi connectivity index (χ4n) is 3.97. The Morgan fingerprint density at radius 3 is 2.38 bits per heavy atom. The number of benzene rings is 1. The zero-order valence-corrected chi connectivity index (χ0v) is 20.7. The van der Waals surface area contributed by atoms with Crippen LogP contribution in [-0.2, 0) is 11.3 Å². The van der Waals surface area contributed by atoms with Crippen molar-refractivity contribution in [2.45, 2.75) is 26.3 Å². The maximum atomic E-state index is 12.5. The molecule has 0 unspecified atom stereocenters. The van der Waals surface area contributed by atoms with E-state index in [1.807, 2.05) is 41.0 Å². The number of anilines is 1. The molecule has 1 aromatic heterocycles. The number of piperazine rings is 1. The highest BCUT2D eigenvalue weighted by molar-refractivity contribution is 14.0. The third-order valence-corrected chi connectivity index (χ3v) is 5.67. The maximum absolute atomic E-state index is 12.5. The largest absolute Gasteiger partial charge is 0.459 e. The first kappa shape index (κ1) is 24.1. The number of carbonyl (C=O) groups is 2. The van der Waals surface area contributed by atoms with Gasteiger partial charge in [-0.1, -0.05) is 12.1 Å². The molecular formula is C23H30IN5O3. The van der Waals surface area contributed by atoms with Crippen molar-refractivity contribution in [1.29, 1.82) is 0 Å². The van der Waals surface area contributed by atoms with Gasteiger partial charge in [0, 0.05) is 51.4 Å². The van der Waals surface area contributed by atoms with Crippen molar-refractivity contribution in [3.63, 3.8) is 0 Å². The van der Waals surface area contributed by atoms with Crippen LogP contribution in [0.1, 0.15) is 35.9 Å². The van der Waals surface area contributed by atoms with Crippen molar-refractivity contribution >= 4 is 47.4 Å². The van der Waals surface area contributed by atoms with Crippen LogP contribution in [0.15, 0.2) is 52.1 Å². The van der Waals surface area contributed by atoms with E-state index in [4.69, 9.17) is 9.41 Å². The molecule has 0 bridgehead atoms. The highest BCUT2D eigenvalue weighted by Crippen LogP contribution is 2.21. The number of rotatable bonds is 5. The lowest BCUT2D eigenvalue weighted by molar-refractivity contribution is -0.117. The smallest absolute Gasteiger partial charge is 0.289 e. The summed E-state index contributed by atoms with van der Waals surface area (Å²) in [7, 11) is 0. The van der Waals surface area contributed by atoms with Crippen LogP contribution >= 0.6 is 24.0 Å². The quantitative estimate of drug-likeness (QED) is 0.351. The number of furan rings is 1. The highest BCUT2D eigenvalue weighted by atomic mass is 127. The lowest BCUT2D eigenvalue weighted by Crippen LogP contribution is -2.53. The zero-order valence-electron chi connectivity index (χ0n) is 18.3. The van der Waals surface area contributed by atoms with Gasteiger partial charge < -0.3 is 24.4 Å². The van der Waals surface area contributed by atoms with Gasteiger partial charge in [-0.3, -0.25) is 9.59 Å². The number of nitrogens with zero attached hydrogens (tertiary/aromatic N) is 4. The topological polar surface area (TPSA) is 81.4 Å². The molecule has 172 valence electrons. The van der Waals surface area contributed by atoms with E-state index in [1.165, 1.54) is 6.26 Å². The summed E-state index contributed by atoms with van der Waals surface area (Å²) < 4.78 is 5.23. The molecule has 0 spiro atoms. The number of aliphatic imine (C=N–C) groups is 1. The van der Waals surface area contributed by atoms with Gasteiger partial charge in [-0.2, -0.15) is 0 Å². The molecule has 0 radical (unpaired) electrons. The number of hydrogen-bond donors (Lipinski definition) is 1. The van der Waals surface area contributed by atoms with Crippen LogP contribution in [0, 0.1) is 0 Å². The van der Waals surface area contributed by atoms with Crippen molar-refractivity contribution in [3.8, 4) is 0 Å². The molecule has 0 saturated carbocycles. The number of amides is 2. The van der Waals surface area contributed by atoms with Crippen LogP contribution in [0.3, 0.4) is 0 Å². The van der Waals surface area contributed by atoms with Gasteiger partial charge >= 0.3 is 0 Å². The highest BCUT2D eigenvalue weighted by Gasteiger charge is 2.25. The summed E-state index contributed by atoms with van der Waals surface area (Å²) in [6.07, 6.45) is 3.09. The molecule has 3 heterocycles. The summed E-state index contributed by atoms with van der Waals surface area (Å²) in [6.45, 7) is 6.87. The van der Waals surface area contributed by atoms with E-state index in [0.717, 1.165) is 36.7 Å². The molecule has 2 aliphatic heterocycles. The van der Waals surface area contributed by atoms with Gasteiger partial charge in [-0.05, 0) is 43.2 Å². The van der Waals surface area contributed by atoms with Crippen LogP contribution in [-0.4, -0.2) is 66.8 Å². The average Bonchev–Trinajstić information content (AvgIpc) is 3.49. The van der Waals surface area contributed by atoms with E-state index in [2.05, 4.69) is 10.2 Å². The van der Waals surface area contributed by atoms with E-state index >= 15 is 0 Å². The third-order valence-electron chi connectivity index (χ3n) is 5.67. The molecule has 2 aromatic rings. The number of halogens is 1. The van der Waals surface area contributed by atoms with Crippen LogP contribution in [0.2, 0.25) is 0 Å². The number of guanidine groups is 1. The Hall–Kier alpha value is -2.56. The first-order chi connectivity index (χ1) is 15.2. The minimum absolute atomic E-state index is 0. The lowest BCUT2D eigenvalue weighted by Gasteiger charge is -2.36. The average molecular weight is 551 g/mol. The summed E-state index contributed by atoms with van der Waals surface area (Å²) in [5, 5.41) is 3.36. The van der Waals surface area contributed by atoms with Crippen molar-refractivity contribution in [2.24, 2.45) is 4.99 Å². The minimum atomic E-state index is -0.0665. The molecule has 8 nitrogen and oxygen atoms in total. The van der Waals surface area contributed by atoms with Crippen LogP contribution in [0.4, 0.5) is 5.69 Å². The predicted octanol–water partition coefficient (Wildman–Crippen LogP) is 2.95. The SMILES string of the molecule is CCNC(=NCc1ccc(N2CCCC2=O)cc1)N1CCN(C(=O)c2ccco2)CC1.I. The predicted molar refractivity (Wildman–Crippen MR) is 134 cm³/mol. The van der Waals surface area contributed by atoms with Crippen molar-refractivity contribution in [1.82, 2.24) is 15.1 Å². The van der Waals surface area contributed by atoms with Gasteiger partial charge in [-0.25, -0.2) is 4.99 Å². The zero-order chi connectivity index (χ0) is 21.6. The van der Waals surface area contributed by atoms with Gasteiger partial charge in [0.25, 0.3) is 5.91 Å². The van der Waals surface area contributed by atoms with Crippen LogP contribution in [0.25, 0.3) is 0 Å². The molecular weight excluding hydrogens is 521 g/mol. The first-order valence-electron chi connectivity index (χ1n) is 10.9. The van der Waals surface area contributed by atoms with Crippen LogP contribution < -0.4 is 10.2 Å². The van der Waals surface area contributed by atoms with E-state index in [1.54, 1.807) is 12.1 Å². The summed E-state index contributed by atoms with van der Waals surface area (Å²) in [5.74, 6) is 1.37. The summed E-state index contributed by atoms with van der Waals surface area (Å²) in [4.78, 5) is 35.0. The molecule has 2 aliphatic rings. The van der Waals surface area contributed by atoms with Crippen molar-refractivity contribution in [3.05, 3.63) is 54.0 Å². The summed E-state index contributed by atoms with van der Waals surface area (Å²) >= 11 is 0. The fourth-order valence-corrected chi connectivity index (χ4v) is 3.97. The first-order valence-corrected chi connectivity index (χ1v) is 10.9. The molecule has 0 atom stereocenters. The van der Waals surface area contributed by atoms with E-state index < -0.39 is 0 Å². The second kappa shape index (κ2) is 11.3. The Morgan fingerprint density at radius 1 is 1.06 bits per heavy atom. The van der Waals surface area contributed by atoms with Crippen molar-refractivity contribution in [2.75, 3.05) is 44.2 Å². The van der Waals surface area contributed by atoms with Crippen molar-refractivity contribution < 1.29 is 14.0 Å². The molecule has 2 saturated heterocycles. The van der Waals surface area contributed by atoms with E-state index in [-0.39, 0.29) is 35.8 Å². The molecule has 1 N–H and O–H groups in total. The van der Waals surface area contributed by atoms with Gasteiger partial charge in [0.15, 0.2) is 11.7 Å². The summed E-state index contributed by atoms with van der Waals surface area (Å²) in [5.41, 5.74) is 2.05. The maximum Gasteiger partial charge on any atom is 0.289 e. The van der Waals surface area contributed by atoms with E-state index in [9.17, 15) is 9.59 Å². The van der Waals surface area contributed by atoms with Gasteiger partial charge in [0.05, 0.1) is 12.8 Å². The minimum Gasteiger partial charge on any atom is -0.459 e. The Balaban J connectivity index is 0.00000289. The van der Waals surface area contributed by atoms with E-state index in [0.29, 0.717) is 44.9 Å². The second-order valence-corrected chi connectivity index (χ2v) is 7.74. The molecule has 0 aliphatic carbocycles. The lowest BCUT2D eigenvalue weighted by atomic mass is 10.2. The molecule has 4 rings (SSSR count). The van der Waals surface area contributed by atoms with Crippen LogP contribution in [0.5, 0.6) is 0 Å². The Morgan fingerprint density at radius 2 is 1.78 bits per heavy atom. The Labute approximate surface area is 205 Å².